The van der Waals surface area contributed by atoms with E-state index in [0.717, 1.165) is 19.3 Å². The number of hydrogen-bond donors (Lipinski definition) is 0. The molecule has 0 unspecified atom stereocenters. The molecular formula is C13H24O4. The minimum absolute atomic E-state index is 0.114. The quantitative estimate of drug-likeness (QED) is 0.462. The average molecular weight is 244 g/mol. The van der Waals surface area contributed by atoms with E-state index in [4.69, 9.17) is 9.47 Å². The highest BCUT2D eigenvalue weighted by atomic mass is 16.5. The zero-order valence-corrected chi connectivity index (χ0v) is 11.2. The number of hydrogen-bond acceptors (Lipinski definition) is 4. The lowest BCUT2D eigenvalue weighted by molar-refractivity contribution is -0.150. The summed E-state index contributed by atoms with van der Waals surface area (Å²) < 4.78 is 9.91. The highest BCUT2D eigenvalue weighted by Crippen LogP contribution is 2.02. The molecule has 0 fully saturated rings. The second-order valence-electron chi connectivity index (χ2n) is 4.48. The molecule has 4 heteroatoms. The van der Waals surface area contributed by atoms with Crippen LogP contribution in [0, 0.1) is 5.92 Å². The van der Waals surface area contributed by atoms with Gasteiger partial charge in [0.25, 0.3) is 0 Å². The van der Waals surface area contributed by atoms with Crippen molar-refractivity contribution in [3.63, 3.8) is 0 Å². The van der Waals surface area contributed by atoms with Gasteiger partial charge in [-0.05, 0) is 18.8 Å². The van der Waals surface area contributed by atoms with Crippen molar-refractivity contribution in [2.75, 3.05) is 13.2 Å². The molecule has 0 radical (unpaired) electrons. The van der Waals surface area contributed by atoms with Crippen molar-refractivity contribution < 1.29 is 19.1 Å². The van der Waals surface area contributed by atoms with Crippen LogP contribution in [0.3, 0.4) is 0 Å². The van der Waals surface area contributed by atoms with Crippen molar-refractivity contribution in [1.82, 2.24) is 0 Å². The second kappa shape index (κ2) is 10.1. The zero-order chi connectivity index (χ0) is 13.1. The molecule has 0 aliphatic heterocycles. The summed E-state index contributed by atoms with van der Waals surface area (Å²) in [7, 11) is 0. The van der Waals surface area contributed by atoms with Crippen LogP contribution < -0.4 is 0 Å². The fourth-order valence-electron chi connectivity index (χ4n) is 1.09. The Morgan fingerprint density at radius 2 is 1.53 bits per heavy atom. The predicted molar refractivity (Wildman–Crippen MR) is 65.5 cm³/mol. The van der Waals surface area contributed by atoms with E-state index in [0.29, 0.717) is 19.1 Å². The standard InChI is InChI=1S/C13H24O4/c1-4-5-9-16-12(14)6-7-13(15)17-10-8-11(2)3/h11H,4-10H2,1-3H3. The van der Waals surface area contributed by atoms with Gasteiger partial charge in [-0.3, -0.25) is 9.59 Å². The first kappa shape index (κ1) is 15.9. The molecule has 0 aromatic heterocycles. The van der Waals surface area contributed by atoms with Gasteiger partial charge in [0.2, 0.25) is 0 Å². The lowest BCUT2D eigenvalue weighted by Crippen LogP contribution is -2.12. The van der Waals surface area contributed by atoms with Gasteiger partial charge in [-0.25, -0.2) is 0 Å². The molecule has 0 bridgehead atoms. The van der Waals surface area contributed by atoms with Gasteiger partial charge in [0.15, 0.2) is 0 Å². The lowest BCUT2D eigenvalue weighted by Gasteiger charge is -2.06. The van der Waals surface area contributed by atoms with Crippen LogP contribution in [0.4, 0.5) is 0 Å². The van der Waals surface area contributed by atoms with Gasteiger partial charge in [-0.2, -0.15) is 0 Å². The van der Waals surface area contributed by atoms with Crippen molar-refractivity contribution in [2.24, 2.45) is 5.92 Å². The molecule has 0 amide bonds. The van der Waals surface area contributed by atoms with Gasteiger partial charge >= 0.3 is 11.9 Å². The van der Waals surface area contributed by atoms with Crippen LogP contribution in [0.2, 0.25) is 0 Å². The maximum Gasteiger partial charge on any atom is 0.306 e. The Morgan fingerprint density at radius 3 is 2.00 bits per heavy atom. The first-order valence-corrected chi connectivity index (χ1v) is 6.37. The minimum atomic E-state index is -0.321. The Bertz CT molecular complexity index is 223. The molecule has 0 saturated carbocycles. The fourth-order valence-corrected chi connectivity index (χ4v) is 1.09. The normalized spacial score (nSPS) is 10.4. The largest absolute Gasteiger partial charge is 0.466 e. The molecule has 17 heavy (non-hydrogen) atoms. The third kappa shape index (κ3) is 11.2. The Kier molecular flexibility index (Phi) is 9.49. The number of carbonyl (C=O) groups is 2. The van der Waals surface area contributed by atoms with Gasteiger partial charge in [-0.15, -0.1) is 0 Å². The first-order valence-electron chi connectivity index (χ1n) is 6.37. The highest BCUT2D eigenvalue weighted by Gasteiger charge is 2.09. The minimum Gasteiger partial charge on any atom is -0.466 e. The van der Waals surface area contributed by atoms with E-state index in [9.17, 15) is 9.59 Å². The topological polar surface area (TPSA) is 52.6 Å². The number of esters is 2. The van der Waals surface area contributed by atoms with Crippen LogP contribution in [0.15, 0.2) is 0 Å². The predicted octanol–water partition coefficient (Wildman–Crippen LogP) is 2.70. The van der Waals surface area contributed by atoms with Crippen molar-refractivity contribution in [3.8, 4) is 0 Å². The third-order valence-electron chi connectivity index (χ3n) is 2.25. The monoisotopic (exact) mass is 244 g/mol. The van der Waals surface area contributed by atoms with Gasteiger partial charge in [0.1, 0.15) is 0 Å². The first-order chi connectivity index (χ1) is 8.06. The van der Waals surface area contributed by atoms with Crippen molar-refractivity contribution in [1.29, 1.82) is 0 Å². The van der Waals surface area contributed by atoms with Crippen LogP contribution in [0.25, 0.3) is 0 Å². The number of ether oxygens (including phenoxy) is 2. The van der Waals surface area contributed by atoms with Gasteiger partial charge in [-0.1, -0.05) is 27.2 Å². The smallest absolute Gasteiger partial charge is 0.306 e. The summed E-state index contributed by atoms with van der Waals surface area (Å²) in [5, 5.41) is 0. The Morgan fingerprint density at radius 1 is 1.00 bits per heavy atom. The summed E-state index contributed by atoms with van der Waals surface area (Å²) >= 11 is 0. The SMILES string of the molecule is CCCCOC(=O)CCC(=O)OCCC(C)C. The van der Waals surface area contributed by atoms with E-state index in [1.165, 1.54) is 0 Å². The Labute approximate surface area is 104 Å². The zero-order valence-electron chi connectivity index (χ0n) is 11.2. The Hall–Kier alpha value is -1.06. The maximum absolute atomic E-state index is 11.2. The molecule has 0 rings (SSSR count). The van der Waals surface area contributed by atoms with Gasteiger partial charge < -0.3 is 9.47 Å². The number of carbonyl (C=O) groups excluding carboxylic acids is 2. The molecule has 0 aliphatic rings. The van der Waals surface area contributed by atoms with Crippen LogP contribution in [0.5, 0.6) is 0 Å². The van der Waals surface area contributed by atoms with Crippen LogP contribution >= 0.6 is 0 Å². The molecule has 0 aliphatic carbocycles. The van der Waals surface area contributed by atoms with E-state index >= 15 is 0 Å². The van der Waals surface area contributed by atoms with Crippen LogP contribution in [-0.2, 0) is 19.1 Å². The third-order valence-corrected chi connectivity index (χ3v) is 2.25. The summed E-state index contributed by atoms with van der Waals surface area (Å²) in [6, 6.07) is 0. The van der Waals surface area contributed by atoms with Crippen molar-refractivity contribution in [3.05, 3.63) is 0 Å². The summed E-state index contributed by atoms with van der Waals surface area (Å²) in [5.74, 6) is -0.126. The maximum atomic E-state index is 11.2. The van der Waals surface area contributed by atoms with E-state index in [2.05, 4.69) is 13.8 Å². The fraction of sp³-hybridized carbons (Fsp3) is 0.846. The molecule has 0 aromatic rings. The van der Waals surface area contributed by atoms with E-state index < -0.39 is 0 Å². The molecule has 0 saturated heterocycles. The van der Waals surface area contributed by atoms with Crippen LogP contribution in [-0.4, -0.2) is 25.2 Å². The van der Waals surface area contributed by atoms with Crippen LogP contribution in [0.1, 0.15) is 52.9 Å². The highest BCUT2D eigenvalue weighted by molar-refractivity contribution is 5.77. The van der Waals surface area contributed by atoms with E-state index in [1.807, 2.05) is 6.92 Å². The molecule has 0 atom stereocenters. The molecule has 0 aromatic carbocycles. The number of unbranched alkanes of at least 4 members (excludes halogenated alkanes) is 1. The summed E-state index contributed by atoms with van der Waals surface area (Å²) in [6.07, 6.45) is 2.94. The average Bonchev–Trinajstić information content (AvgIpc) is 2.26. The molecule has 0 spiro atoms. The number of rotatable bonds is 9. The molecule has 4 nitrogen and oxygen atoms in total. The molecular weight excluding hydrogens is 220 g/mol. The second-order valence-corrected chi connectivity index (χ2v) is 4.48. The Balaban J connectivity index is 3.45. The van der Waals surface area contributed by atoms with Crippen molar-refractivity contribution in [2.45, 2.75) is 52.9 Å². The lowest BCUT2D eigenvalue weighted by atomic mass is 10.1. The summed E-state index contributed by atoms with van der Waals surface area (Å²) in [5.41, 5.74) is 0. The van der Waals surface area contributed by atoms with Gasteiger partial charge in [0, 0.05) is 0 Å². The van der Waals surface area contributed by atoms with E-state index in [1.54, 1.807) is 0 Å². The van der Waals surface area contributed by atoms with E-state index in [-0.39, 0.29) is 24.8 Å². The molecule has 0 N–H and O–H groups in total. The molecule has 0 heterocycles. The van der Waals surface area contributed by atoms with Gasteiger partial charge in [0.05, 0.1) is 26.1 Å². The summed E-state index contributed by atoms with van der Waals surface area (Å²) in [4.78, 5) is 22.4. The summed E-state index contributed by atoms with van der Waals surface area (Å²) in [6.45, 7) is 7.04. The molecule has 100 valence electrons. The van der Waals surface area contributed by atoms with Crippen molar-refractivity contribution >= 4 is 11.9 Å².